The highest BCUT2D eigenvalue weighted by Gasteiger charge is 2.21. The zero-order valence-electron chi connectivity index (χ0n) is 13.7. The summed E-state index contributed by atoms with van der Waals surface area (Å²) in [4.78, 5) is 24.7. The van der Waals surface area contributed by atoms with Gasteiger partial charge in [0.15, 0.2) is 0 Å². The highest BCUT2D eigenvalue weighted by atomic mass is 35.5. The Morgan fingerprint density at radius 2 is 1.73 bits per heavy atom. The van der Waals surface area contributed by atoms with Crippen LogP contribution in [0.15, 0.2) is 53.9 Å². The zero-order valence-corrected chi connectivity index (χ0v) is 15.2. The second-order valence-electron chi connectivity index (χ2n) is 5.35. The van der Waals surface area contributed by atoms with E-state index in [1.165, 1.54) is 18.4 Å². The first-order chi connectivity index (χ1) is 12.5. The molecule has 1 amide bonds. The van der Waals surface area contributed by atoms with E-state index < -0.39 is 11.9 Å². The number of carbonyl (C=O) groups is 2. The number of methoxy groups -OCH3 is 1. The van der Waals surface area contributed by atoms with E-state index in [4.69, 9.17) is 16.3 Å². The lowest BCUT2D eigenvalue weighted by Gasteiger charge is -2.07. The van der Waals surface area contributed by atoms with E-state index in [0.29, 0.717) is 21.2 Å². The lowest BCUT2D eigenvalue weighted by atomic mass is 10.1. The summed E-state index contributed by atoms with van der Waals surface area (Å²) in [5, 5.41) is 14.5. The average Bonchev–Trinajstić information content (AvgIpc) is 3.06. The number of ether oxygens (including phenoxy) is 1. The van der Waals surface area contributed by atoms with Crippen molar-refractivity contribution >= 4 is 40.5 Å². The topological polar surface area (TPSA) is 75.6 Å². The number of halogens is 1. The molecule has 0 aliphatic carbocycles. The molecule has 0 bridgehead atoms. The number of amides is 1. The number of thiophene rings is 1. The highest BCUT2D eigenvalue weighted by Crippen LogP contribution is 2.36. The number of hydrogen-bond acceptors (Lipinski definition) is 4. The van der Waals surface area contributed by atoms with E-state index in [0.717, 1.165) is 5.56 Å². The smallest absolute Gasteiger partial charge is 0.339 e. The predicted molar refractivity (Wildman–Crippen MR) is 103 cm³/mol. The summed E-state index contributed by atoms with van der Waals surface area (Å²) in [6, 6.07) is 13.4. The SMILES string of the molecule is COc1ccc(C(=O)Nc2csc(-c3ccc(Cl)cc3)c2C(=O)O)cc1. The predicted octanol–water partition coefficient (Wildman–Crippen LogP) is 5.03. The average molecular weight is 388 g/mol. The second-order valence-corrected chi connectivity index (χ2v) is 6.66. The third kappa shape index (κ3) is 3.71. The molecule has 0 saturated carbocycles. The summed E-state index contributed by atoms with van der Waals surface area (Å²) in [5.74, 6) is -0.870. The summed E-state index contributed by atoms with van der Waals surface area (Å²) in [6.45, 7) is 0. The van der Waals surface area contributed by atoms with Crippen LogP contribution in [-0.2, 0) is 0 Å². The molecule has 1 heterocycles. The summed E-state index contributed by atoms with van der Waals surface area (Å²) >= 11 is 7.13. The minimum Gasteiger partial charge on any atom is -0.497 e. The molecule has 0 aliphatic rings. The molecule has 132 valence electrons. The van der Waals surface area contributed by atoms with Crippen LogP contribution in [0, 0.1) is 0 Å². The highest BCUT2D eigenvalue weighted by molar-refractivity contribution is 7.14. The number of hydrogen-bond donors (Lipinski definition) is 2. The van der Waals surface area contributed by atoms with Crippen molar-refractivity contribution in [3.63, 3.8) is 0 Å². The molecular weight excluding hydrogens is 374 g/mol. The Morgan fingerprint density at radius 1 is 1.08 bits per heavy atom. The molecular formula is C19H14ClNO4S. The summed E-state index contributed by atoms with van der Waals surface area (Å²) in [7, 11) is 1.54. The van der Waals surface area contributed by atoms with Gasteiger partial charge in [0.05, 0.1) is 17.7 Å². The van der Waals surface area contributed by atoms with Crippen molar-refractivity contribution in [2.24, 2.45) is 0 Å². The van der Waals surface area contributed by atoms with Crippen LogP contribution in [0.2, 0.25) is 5.02 Å². The number of carboxylic acids is 1. The Labute approximate surface area is 158 Å². The minimum absolute atomic E-state index is 0.0548. The van der Waals surface area contributed by atoms with Crippen molar-refractivity contribution in [2.75, 3.05) is 12.4 Å². The fraction of sp³-hybridized carbons (Fsp3) is 0.0526. The molecule has 2 N–H and O–H groups in total. The number of anilines is 1. The molecule has 7 heteroatoms. The Kier molecular flexibility index (Phi) is 5.25. The molecule has 0 fully saturated rings. The molecule has 2 aromatic carbocycles. The van der Waals surface area contributed by atoms with Gasteiger partial charge in [0.25, 0.3) is 5.91 Å². The van der Waals surface area contributed by atoms with Crippen LogP contribution in [0.3, 0.4) is 0 Å². The van der Waals surface area contributed by atoms with E-state index in [1.54, 1.807) is 53.9 Å². The Hall–Kier alpha value is -2.83. The maximum Gasteiger partial charge on any atom is 0.339 e. The Balaban J connectivity index is 1.91. The maximum atomic E-state index is 12.4. The fourth-order valence-electron chi connectivity index (χ4n) is 2.41. The van der Waals surface area contributed by atoms with Gasteiger partial charge in [0.2, 0.25) is 0 Å². The fourth-order valence-corrected chi connectivity index (χ4v) is 3.54. The van der Waals surface area contributed by atoms with Gasteiger partial charge in [-0.25, -0.2) is 4.79 Å². The van der Waals surface area contributed by atoms with Crippen LogP contribution in [0.5, 0.6) is 5.75 Å². The van der Waals surface area contributed by atoms with Gasteiger partial charge in [-0.15, -0.1) is 11.3 Å². The summed E-state index contributed by atoms with van der Waals surface area (Å²) in [6.07, 6.45) is 0. The zero-order chi connectivity index (χ0) is 18.7. The van der Waals surface area contributed by atoms with Gasteiger partial charge in [0, 0.05) is 16.0 Å². The number of rotatable bonds is 5. The number of carboxylic acid groups (broad SMARTS) is 1. The molecule has 0 spiro atoms. The van der Waals surface area contributed by atoms with Crippen LogP contribution in [0.4, 0.5) is 5.69 Å². The Bertz CT molecular complexity index is 949. The minimum atomic E-state index is -1.11. The van der Waals surface area contributed by atoms with Gasteiger partial charge < -0.3 is 15.2 Å². The third-order valence-corrected chi connectivity index (χ3v) is 4.99. The number of nitrogens with one attached hydrogen (secondary N) is 1. The molecule has 0 unspecified atom stereocenters. The maximum absolute atomic E-state index is 12.4. The van der Waals surface area contributed by atoms with Gasteiger partial charge in [-0.2, -0.15) is 0 Å². The van der Waals surface area contributed by atoms with Crippen LogP contribution in [0.25, 0.3) is 10.4 Å². The first kappa shape index (κ1) is 18.0. The lowest BCUT2D eigenvalue weighted by Crippen LogP contribution is -2.13. The van der Waals surface area contributed by atoms with Crippen molar-refractivity contribution in [1.82, 2.24) is 0 Å². The molecule has 0 saturated heterocycles. The largest absolute Gasteiger partial charge is 0.497 e. The molecule has 3 aromatic rings. The molecule has 5 nitrogen and oxygen atoms in total. The molecule has 0 radical (unpaired) electrons. The number of carbonyl (C=O) groups excluding carboxylic acids is 1. The number of aromatic carboxylic acids is 1. The van der Waals surface area contributed by atoms with E-state index in [-0.39, 0.29) is 11.3 Å². The number of benzene rings is 2. The van der Waals surface area contributed by atoms with E-state index in [9.17, 15) is 14.7 Å². The summed E-state index contributed by atoms with van der Waals surface area (Å²) in [5.41, 5.74) is 1.44. The van der Waals surface area contributed by atoms with Crippen LogP contribution >= 0.6 is 22.9 Å². The molecule has 26 heavy (non-hydrogen) atoms. The summed E-state index contributed by atoms with van der Waals surface area (Å²) < 4.78 is 5.06. The van der Waals surface area contributed by atoms with E-state index >= 15 is 0 Å². The molecule has 3 rings (SSSR count). The van der Waals surface area contributed by atoms with E-state index in [1.807, 2.05) is 0 Å². The van der Waals surface area contributed by atoms with Gasteiger partial charge >= 0.3 is 5.97 Å². The van der Waals surface area contributed by atoms with Crippen LogP contribution < -0.4 is 10.1 Å². The standard InChI is InChI=1S/C19H14ClNO4S/c1-25-14-8-4-12(5-9-14)18(22)21-15-10-26-17(16(15)19(23)24)11-2-6-13(20)7-3-11/h2-10H,1H3,(H,21,22)(H,23,24). The van der Waals surface area contributed by atoms with Crippen molar-refractivity contribution in [3.05, 3.63) is 70.1 Å². The molecule has 0 atom stereocenters. The Morgan fingerprint density at radius 3 is 2.31 bits per heavy atom. The normalized spacial score (nSPS) is 10.4. The second kappa shape index (κ2) is 7.59. The quantitative estimate of drug-likeness (QED) is 0.644. The van der Waals surface area contributed by atoms with Gasteiger partial charge in [-0.1, -0.05) is 23.7 Å². The van der Waals surface area contributed by atoms with Gasteiger partial charge in [0.1, 0.15) is 11.3 Å². The van der Waals surface area contributed by atoms with Crippen molar-refractivity contribution < 1.29 is 19.4 Å². The lowest BCUT2D eigenvalue weighted by molar-refractivity contribution is 0.0699. The van der Waals surface area contributed by atoms with Gasteiger partial charge in [-0.05, 0) is 42.0 Å². The molecule has 0 aliphatic heterocycles. The van der Waals surface area contributed by atoms with Crippen LogP contribution in [0.1, 0.15) is 20.7 Å². The van der Waals surface area contributed by atoms with Crippen LogP contribution in [-0.4, -0.2) is 24.1 Å². The third-order valence-electron chi connectivity index (χ3n) is 3.71. The first-order valence-corrected chi connectivity index (χ1v) is 8.81. The molecule has 1 aromatic heterocycles. The monoisotopic (exact) mass is 387 g/mol. The van der Waals surface area contributed by atoms with E-state index in [2.05, 4.69) is 5.32 Å². The van der Waals surface area contributed by atoms with Crippen molar-refractivity contribution in [3.8, 4) is 16.2 Å². The van der Waals surface area contributed by atoms with Crippen molar-refractivity contribution in [1.29, 1.82) is 0 Å². The van der Waals surface area contributed by atoms with Crippen molar-refractivity contribution in [2.45, 2.75) is 0 Å². The first-order valence-electron chi connectivity index (χ1n) is 7.55. The van der Waals surface area contributed by atoms with Gasteiger partial charge in [-0.3, -0.25) is 4.79 Å².